The van der Waals surface area contributed by atoms with E-state index in [-0.39, 0.29) is 11.7 Å². The minimum absolute atomic E-state index is 0.110. The highest BCUT2D eigenvalue weighted by Gasteiger charge is 2.35. The number of aliphatic hydroxyl groups excluding tert-OH is 1. The summed E-state index contributed by atoms with van der Waals surface area (Å²) in [5.74, 6) is 0. The lowest BCUT2D eigenvalue weighted by Crippen LogP contribution is -2.43. The number of ether oxygens (including phenoxy) is 1. The van der Waals surface area contributed by atoms with E-state index in [1.807, 2.05) is 6.92 Å². The van der Waals surface area contributed by atoms with Gasteiger partial charge in [0.1, 0.15) is 0 Å². The molecule has 1 aliphatic carbocycles. The monoisotopic (exact) mass is 187 g/mol. The summed E-state index contributed by atoms with van der Waals surface area (Å²) in [6, 6.07) is 0. The number of hydrogen-bond acceptors (Lipinski definition) is 3. The summed E-state index contributed by atoms with van der Waals surface area (Å²) in [5.41, 5.74) is 5.57. The fraction of sp³-hybridized carbons (Fsp3) is 1.00. The van der Waals surface area contributed by atoms with Crippen LogP contribution in [-0.4, -0.2) is 29.5 Å². The largest absolute Gasteiger partial charge is 0.391 e. The molecule has 2 unspecified atom stereocenters. The summed E-state index contributed by atoms with van der Waals surface area (Å²) in [6.07, 6.45) is 3.96. The van der Waals surface area contributed by atoms with Gasteiger partial charge in [0.05, 0.1) is 17.8 Å². The van der Waals surface area contributed by atoms with Crippen molar-refractivity contribution >= 4 is 0 Å². The number of rotatable bonds is 4. The van der Waals surface area contributed by atoms with Gasteiger partial charge in [-0.3, -0.25) is 0 Å². The van der Waals surface area contributed by atoms with Crippen LogP contribution in [0.2, 0.25) is 0 Å². The number of nitrogens with two attached hydrogens (primary N) is 1. The Hall–Kier alpha value is -0.120. The van der Waals surface area contributed by atoms with Crippen LogP contribution in [0.3, 0.4) is 0 Å². The zero-order valence-corrected chi connectivity index (χ0v) is 8.62. The van der Waals surface area contributed by atoms with E-state index in [1.54, 1.807) is 6.92 Å². The Bertz CT molecular complexity index is 153. The lowest BCUT2D eigenvalue weighted by molar-refractivity contribution is -0.115. The summed E-state index contributed by atoms with van der Waals surface area (Å²) in [5, 5.41) is 9.33. The summed E-state index contributed by atoms with van der Waals surface area (Å²) in [6.45, 7) is 4.23. The first kappa shape index (κ1) is 11.0. The predicted molar refractivity (Wildman–Crippen MR) is 52.5 cm³/mol. The van der Waals surface area contributed by atoms with Crippen molar-refractivity contribution in [3.05, 3.63) is 0 Å². The van der Waals surface area contributed by atoms with Crippen LogP contribution in [0.25, 0.3) is 0 Å². The average Bonchev–Trinajstić information content (AvgIpc) is 2.54. The van der Waals surface area contributed by atoms with E-state index in [1.165, 1.54) is 12.8 Å². The molecule has 0 amide bonds. The smallest absolute Gasteiger partial charge is 0.0811 e. The van der Waals surface area contributed by atoms with E-state index in [0.717, 1.165) is 12.8 Å². The van der Waals surface area contributed by atoms with E-state index in [9.17, 15) is 5.11 Å². The maximum absolute atomic E-state index is 9.33. The topological polar surface area (TPSA) is 55.5 Å². The second kappa shape index (κ2) is 4.40. The Kier molecular flexibility index (Phi) is 3.71. The highest BCUT2D eigenvalue weighted by molar-refractivity contribution is 4.88. The van der Waals surface area contributed by atoms with Crippen LogP contribution in [0.15, 0.2) is 0 Å². The van der Waals surface area contributed by atoms with Crippen LogP contribution in [0.1, 0.15) is 39.5 Å². The van der Waals surface area contributed by atoms with E-state index in [0.29, 0.717) is 6.54 Å². The molecule has 0 aromatic rings. The van der Waals surface area contributed by atoms with Crippen LogP contribution >= 0.6 is 0 Å². The lowest BCUT2D eigenvalue weighted by Gasteiger charge is -2.32. The van der Waals surface area contributed by atoms with E-state index in [2.05, 4.69) is 0 Å². The molecule has 78 valence electrons. The van der Waals surface area contributed by atoms with Crippen molar-refractivity contribution in [2.24, 2.45) is 5.73 Å². The molecule has 3 heteroatoms. The standard InChI is InChI=1S/C10H21NO2/c1-8(12)9(2)13-10(7-11)5-3-4-6-10/h8-9,12H,3-7,11H2,1-2H3. The Morgan fingerprint density at radius 2 is 1.92 bits per heavy atom. The van der Waals surface area contributed by atoms with Gasteiger partial charge in [0.25, 0.3) is 0 Å². The first-order valence-electron chi connectivity index (χ1n) is 5.15. The fourth-order valence-corrected chi connectivity index (χ4v) is 1.88. The van der Waals surface area contributed by atoms with Gasteiger partial charge in [-0.25, -0.2) is 0 Å². The molecule has 0 saturated heterocycles. The Balaban J connectivity index is 2.48. The van der Waals surface area contributed by atoms with E-state index < -0.39 is 6.10 Å². The van der Waals surface area contributed by atoms with Crippen molar-refractivity contribution in [1.29, 1.82) is 0 Å². The average molecular weight is 187 g/mol. The molecule has 1 saturated carbocycles. The molecule has 1 aliphatic rings. The minimum Gasteiger partial charge on any atom is -0.391 e. The zero-order chi connectivity index (χ0) is 9.90. The van der Waals surface area contributed by atoms with Gasteiger partial charge >= 0.3 is 0 Å². The van der Waals surface area contributed by atoms with Crippen LogP contribution in [-0.2, 0) is 4.74 Å². The van der Waals surface area contributed by atoms with Gasteiger partial charge in [0, 0.05) is 6.54 Å². The normalized spacial score (nSPS) is 25.8. The maximum Gasteiger partial charge on any atom is 0.0811 e. The SMILES string of the molecule is CC(O)C(C)OC1(CN)CCCC1. The third-order valence-electron chi connectivity index (χ3n) is 3.00. The fourth-order valence-electron chi connectivity index (χ4n) is 1.88. The molecule has 1 rings (SSSR count). The summed E-state index contributed by atoms with van der Waals surface area (Å²) >= 11 is 0. The molecule has 3 N–H and O–H groups in total. The maximum atomic E-state index is 9.33. The molecular weight excluding hydrogens is 166 g/mol. The molecule has 13 heavy (non-hydrogen) atoms. The van der Waals surface area contributed by atoms with Crippen molar-refractivity contribution in [2.45, 2.75) is 57.3 Å². The minimum atomic E-state index is -0.413. The molecule has 3 nitrogen and oxygen atoms in total. The third-order valence-corrected chi connectivity index (χ3v) is 3.00. The first-order valence-corrected chi connectivity index (χ1v) is 5.15. The van der Waals surface area contributed by atoms with Gasteiger partial charge in [0.2, 0.25) is 0 Å². The second-order valence-corrected chi connectivity index (χ2v) is 4.16. The van der Waals surface area contributed by atoms with Crippen molar-refractivity contribution in [2.75, 3.05) is 6.54 Å². The van der Waals surface area contributed by atoms with Crippen LogP contribution in [0, 0.1) is 0 Å². The van der Waals surface area contributed by atoms with Gasteiger partial charge in [0.15, 0.2) is 0 Å². The first-order chi connectivity index (χ1) is 6.09. The van der Waals surface area contributed by atoms with Crippen molar-refractivity contribution in [3.8, 4) is 0 Å². The van der Waals surface area contributed by atoms with Crippen LogP contribution in [0.4, 0.5) is 0 Å². The van der Waals surface area contributed by atoms with E-state index >= 15 is 0 Å². The molecule has 0 bridgehead atoms. The second-order valence-electron chi connectivity index (χ2n) is 4.16. The van der Waals surface area contributed by atoms with Crippen molar-refractivity contribution in [1.82, 2.24) is 0 Å². The molecule has 0 spiro atoms. The Labute approximate surface area is 80.3 Å². The number of hydrogen-bond donors (Lipinski definition) is 2. The lowest BCUT2D eigenvalue weighted by atomic mass is 10.0. The van der Waals surface area contributed by atoms with Crippen LogP contribution < -0.4 is 5.73 Å². The summed E-state index contributed by atoms with van der Waals surface area (Å²) < 4.78 is 5.83. The molecule has 0 aromatic heterocycles. The van der Waals surface area contributed by atoms with Gasteiger partial charge in [-0.15, -0.1) is 0 Å². The van der Waals surface area contributed by atoms with Gasteiger partial charge < -0.3 is 15.6 Å². The van der Waals surface area contributed by atoms with Gasteiger partial charge in [-0.1, -0.05) is 12.8 Å². The molecule has 0 aromatic carbocycles. The Morgan fingerprint density at radius 3 is 2.31 bits per heavy atom. The highest BCUT2D eigenvalue weighted by atomic mass is 16.5. The highest BCUT2D eigenvalue weighted by Crippen LogP contribution is 2.33. The van der Waals surface area contributed by atoms with Gasteiger partial charge in [-0.2, -0.15) is 0 Å². The predicted octanol–water partition coefficient (Wildman–Crippen LogP) is 1.04. The van der Waals surface area contributed by atoms with Crippen molar-refractivity contribution < 1.29 is 9.84 Å². The molecule has 0 aliphatic heterocycles. The number of aliphatic hydroxyl groups is 1. The van der Waals surface area contributed by atoms with Crippen LogP contribution in [0.5, 0.6) is 0 Å². The summed E-state index contributed by atoms with van der Waals surface area (Å²) in [4.78, 5) is 0. The van der Waals surface area contributed by atoms with Gasteiger partial charge in [-0.05, 0) is 26.7 Å². The quantitative estimate of drug-likeness (QED) is 0.691. The molecule has 2 atom stereocenters. The third kappa shape index (κ3) is 2.66. The molecule has 0 radical (unpaired) electrons. The Morgan fingerprint density at radius 1 is 1.38 bits per heavy atom. The van der Waals surface area contributed by atoms with Crippen molar-refractivity contribution in [3.63, 3.8) is 0 Å². The summed E-state index contributed by atoms with van der Waals surface area (Å²) in [7, 11) is 0. The molecule has 0 heterocycles. The zero-order valence-electron chi connectivity index (χ0n) is 8.62. The molecule has 1 fully saturated rings. The van der Waals surface area contributed by atoms with E-state index in [4.69, 9.17) is 10.5 Å². The molecular formula is C10H21NO2.